The molecule has 2 saturated heterocycles. The molecule has 2 aromatic heterocycles. The van der Waals surface area contributed by atoms with Gasteiger partial charge in [0, 0.05) is 7.11 Å². The van der Waals surface area contributed by atoms with Crippen molar-refractivity contribution >= 4 is 33.6 Å². The second-order valence-electron chi connectivity index (χ2n) is 12.1. The number of ether oxygens (including phenoxy) is 3. The van der Waals surface area contributed by atoms with Crippen LogP contribution in [0.3, 0.4) is 0 Å². The molecule has 0 radical (unpaired) electrons. The summed E-state index contributed by atoms with van der Waals surface area (Å²) in [7, 11) is -2.88. The Balaban J connectivity index is 1.81. The van der Waals surface area contributed by atoms with Crippen molar-refractivity contribution in [3.8, 4) is 0 Å². The zero-order valence-corrected chi connectivity index (χ0v) is 26.5. The van der Waals surface area contributed by atoms with Gasteiger partial charge in [-0.2, -0.15) is 0 Å². The molecule has 4 rings (SSSR count). The fourth-order valence-corrected chi connectivity index (χ4v) is 22.4. The summed E-state index contributed by atoms with van der Waals surface area (Å²) in [4.78, 5) is 13.1. The molecule has 0 aliphatic carbocycles. The first-order chi connectivity index (χ1) is 18.0. The van der Waals surface area contributed by atoms with Crippen LogP contribution in [0, 0.1) is 0 Å². The van der Waals surface area contributed by atoms with Crippen molar-refractivity contribution in [1.29, 1.82) is 0 Å². The maximum absolute atomic E-state index is 7.50. The molecule has 12 heteroatoms. The molecule has 2 unspecified atom stereocenters. The quantitative estimate of drug-likeness (QED) is 0.337. The highest BCUT2D eigenvalue weighted by Crippen LogP contribution is 2.51. The van der Waals surface area contributed by atoms with E-state index in [0.717, 1.165) is 5.67 Å². The highest BCUT2D eigenvalue weighted by Gasteiger charge is 2.60. The summed E-state index contributed by atoms with van der Waals surface area (Å²) in [6, 6.07) is 0. The molecule has 2 N–H and O–H groups in total. The van der Waals surface area contributed by atoms with E-state index in [2.05, 4.69) is 70.3 Å². The smallest absolute Gasteiger partial charge is 0.198 e. The number of nitrogen functional groups attached to an aromatic ring is 1. The second-order valence-corrected chi connectivity index (χ2v) is 22.5. The monoisotopic (exact) mass is 565 g/mol. The molecular weight excluding hydrogens is 518 g/mol. The van der Waals surface area contributed by atoms with E-state index in [-0.39, 0.29) is 18.3 Å². The second kappa shape index (κ2) is 11.6. The van der Waals surface area contributed by atoms with Crippen molar-refractivity contribution in [2.75, 3.05) is 32.7 Å². The minimum Gasteiger partial charge on any atom is -0.414 e. The number of nitrogens with two attached hydrogens (primary N) is 1. The Kier molecular flexibility index (Phi) is 9.02. The number of fused-ring (bicyclic) bond motifs is 2. The van der Waals surface area contributed by atoms with E-state index in [4.69, 9.17) is 28.8 Å². The lowest BCUT2D eigenvalue weighted by atomic mass is 10.1. The number of anilines is 1. The van der Waals surface area contributed by atoms with Gasteiger partial charge < -0.3 is 28.8 Å². The molecule has 4 atom stereocenters. The highest BCUT2D eigenvalue weighted by molar-refractivity contribution is 6.94. The van der Waals surface area contributed by atoms with E-state index >= 15 is 0 Å². The minimum absolute atomic E-state index is 0.279. The summed E-state index contributed by atoms with van der Waals surface area (Å²) in [5.41, 5.74) is 10.1. The van der Waals surface area contributed by atoms with Gasteiger partial charge in [-0.25, -0.2) is 15.0 Å². The molecule has 2 aliphatic heterocycles. The van der Waals surface area contributed by atoms with Gasteiger partial charge in [0.05, 0.1) is 26.1 Å². The number of aromatic nitrogens is 4. The van der Waals surface area contributed by atoms with Gasteiger partial charge in [-0.1, -0.05) is 55.4 Å². The van der Waals surface area contributed by atoms with E-state index in [1.54, 1.807) is 13.4 Å². The van der Waals surface area contributed by atoms with Gasteiger partial charge in [0.15, 0.2) is 34.3 Å². The minimum atomic E-state index is -2.36. The Morgan fingerprint density at radius 1 is 0.974 bits per heavy atom. The standard InChI is InChI=1S/C26H47N5O5Si2/c1-16(2)37(17(3)4)15-38(18(5)6,19(7)8)36-22-20(12-34-37)35-26(23(22)33-11-10-32-9)31-14-30-21-24(27)28-13-29-25(21)31/h13-14,16-20,22-23,26H,10-12,15H2,1-9H3,(H2,27,28,29)/t20-,22?,23?,26-/m1/s1. The van der Waals surface area contributed by atoms with Crippen LogP contribution in [0.25, 0.3) is 11.2 Å². The van der Waals surface area contributed by atoms with Crippen molar-refractivity contribution in [3.63, 3.8) is 0 Å². The van der Waals surface area contributed by atoms with Crippen LogP contribution in [0.2, 0.25) is 27.8 Å². The van der Waals surface area contributed by atoms with Crippen LogP contribution < -0.4 is 5.73 Å². The molecule has 0 saturated carbocycles. The van der Waals surface area contributed by atoms with E-state index in [1.807, 2.05) is 4.57 Å². The van der Waals surface area contributed by atoms with Crippen molar-refractivity contribution in [1.82, 2.24) is 19.5 Å². The summed E-state index contributed by atoms with van der Waals surface area (Å²) < 4.78 is 35.1. The zero-order valence-electron chi connectivity index (χ0n) is 24.5. The van der Waals surface area contributed by atoms with E-state index < -0.39 is 22.9 Å². The third kappa shape index (κ3) is 5.08. The lowest BCUT2D eigenvalue weighted by molar-refractivity contribution is -0.0771. The third-order valence-electron chi connectivity index (χ3n) is 8.88. The van der Waals surface area contributed by atoms with Crippen molar-refractivity contribution in [2.45, 2.75) is 108 Å². The van der Waals surface area contributed by atoms with Gasteiger partial charge in [0.25, 0.3) is 0 Å². The average molecular weight is 566 g/mol. The van der Waals surface area contributed by atoms with E-state index in [1.165, 1.54) is 6.33 Å². The fraction of sp³-hybridized carbons (Fsp3) is 0.808. The van der Waals surface area contributed by atoms with Crippen molar-refractivity contribution < 1.29 is 23.1 Å². The largest absolute Gasteiger partial charge is 0.414 e. The van der Waals surface area contributed by atoms with Crippen LogP contribution in [-0.2, 0) is 23.1 Å². The average Bonchev–Trinajstić information content (AvgIpc) is 3.41. The fourth-order valence-electron chi connectivity index (χ4n) is 6.48. The number of methoxy groups -OCH3 is 1. The molecule has 10 nitrogen and oxygen atoms in total. The van der Waals surface area contributed by atoms with Crippen LogP contribution in [0.5, 0.6) is 0 Å². The molecule has 38 heavy (non-hydrogen) atoms. The predicted molar refractivity (Wildman–Crippen MR) is 153 cm³/mol. The highest BCUT2D eigenvalue weighted by atomic mass is 28.4. The molecule has 214 valence electrons. The lowest BCUT2D eigenvalue weighted by Gasteiger charge is -2.52. The number of rotatable bonds is 9. The molecule has 0 bridgehead atoms. The Morgan fingerprint density at radius 3 is 2.24 bits per heavy atom. The third-order valence-corrected chi connectivity index (χ3v) is 22.5. The molecule has 2 fully saturated rings. The summed E-state index contributed by atoms with van der Waals surface area (Å²) in [5.74, 6) is 0.338. The number of hydrogen-bond acceptors (Lipinski definition) is 9. The van der Waals surface area contributed by atoms with Gasteiger partial charge in [0.2, 0.25) is 0 Å². The topological polar surface area (TPSA) is 116 Å². The van der Waals surface area contributed by atoms with Crippen molar-refractivity contribution in [3.05, 3.63) is 12.7 Å². The normalized spacial score (nSPS) is 27.4. The van der Waals surface area contributed by atoms with Crippen LogP contribution >= 0.6 is 0 Å². The van der Waals surface area contributed by atoms with Crippen LogP contribution in [-0.4, -0.2) is 81.4 Å². The van der Waals surface area contributed by atoms with Crippen molar-refractivity contribution in [2.24, 2.45) is 0 Å². The number of hydrogen-bond donors (Lipinski definition) is 1. The summed E-state index contributed by atoms with van der Waals surface area (Å²) in [6.07, 6.45) is 1.72. The molecule has 2 aromatic rings. The maximum Gasteiger partial charge on any atom is 0.198 e. The Bertz CT molecular complexity index is 1070. The summed E-state index contributed by atoms with van der Waals surface area (Å²) >= 11 is 0. The van der Waals surface area contributed by atoms with Gasteiger partial charge in [-0.15, -0.1) is 0 Å². The summed E-state index contributed by atoms with van der Waals surface area (Å²) in [5, 5.41) is 0. The first-order valence-electron chi connectivity index (χ1n) is 14.0. The zero-order chi connectivity index (χ0) is 27.8. The lowest BCUT2D eigenvalue weighted by Crippen LogP contribution is -2.63. The molecule has 0 spiro atoms. The first kappa shape index (κ1) is 29.6. The molecular formula is C26H47N5O5Si2. The van der Waals surface area contributed by atoms with Crippen LogP contribution in [0.4, 0.5) is 5.82 Å². The number of nitrogens with zero attached hydrogens (tertiary/aromatic N) is 4. The van der Waals surface area contributed by atoms with E-state index in [9.17, 15) is 0 Å². The Labute approximate surface area is 229 Å². The van der Waals surface area contributed by atoms with Gasteiger partial charge in [-0.05, 0) is 27.8 Å². The van der Waals surface area contributed by atoms with E-state index in [0.29, 0.717) is 59.0 Å². The molecule has 2 aliphatic rings. The predicted octanol–water partition coefficient (Wildman–Crippen LogP) is 4.82. The molecule has 0 amide bonds. The number of imidazole rings is 1. The van der Waals surface area contributed by atoms with Gasteiger partial charge in [-0.3, -0.25) is 4.57 Å². The van der Waals surface area contributed by atoms with Crippen LogP contribution in [0.15, 0.2) is 12.7 Å². The van der Waals surface area contributed by atoms with Gasteiger partial charge in [0.1, 0.15) is 30.2 Å². The van der Waals surface area contributed by atoms with Gasteiger partial charge >= 0.3 is 0 Å². The SMILES string of the molecule is COCCOC1C2O[Si](C(C)C)(C(C)C)C[Si](C(C)C)(C(C)C)OC[C@H]2O[C@H]1n1cnc2c(N)ncnc21. The summed E-state index contributed by atoms with van der Waals surface area (Å²) in [6.45, 7) is 20.1. The molecule has 4 heterocycles. The maximum atomic E-state index is 7.50. The first-order valence-corrected chi connectivity index (χ1v) is 18.5. The van der Waals surface area contributed by atoms with Crippen LogP contribution in [0.1, 0.15) is 61.6 Å². The molecule has 0 aromatic carbocycles. The Morgan fingerprint density at radius 2 is 1.63 bits per heavy atom. The Hall–Kier alpha value is -1.42.